The zero-order valence-electron chi connectivity index (χ0n) is 15.8. The highest BCUT2D eigenvalue weighted by molar-refractivity contribution is 6.34. The molecule has 0 saturated heterocycles. The lowest BCUT2D eigenvalue weighted by Crippen LogP contribution is -2.42. The van der Waals surface area contributed by atoms with Crippen molar-refractivity contribution in [2.75, 3.05) is 6.54 Å². The van der Waals surface area contributed by atoms with E-state index in [0.717, 1.165) is 12.1 Å². The molecule has 1 aliphatic rings. The monoisotopic (exact) mass is 456 g/mol. The number of halogens is 5. The van der Waals surface area contributed by atoms with Crippen molar-refractivity contribution < 1.29 is 22.8 Å². The van der Waals surface area contributed by atoms with Crippen LogP contribution in [-0.2, 0) is 10.4 Å². The van der Waals surface area contributed by atoms with Crippen molar-refractivity contribution in [3.63, 3.8) is 0 Å². The average Bonchev–Trinajstić information content (AvgIpc) is 3.12. The van der Waals surface area contributed by atoms with E-state index >= 15 is 0 Å². The van der Waals surface area contributed by atoms with Gasteiger partial charge in [0.1, 0.15) is 0 Å². The van der Waals surface area contributed by atoms with Crippen LogP contribution in [0.1, 0.15) is 33.5 Å². The third-order valence-corrected chi connectivity index (χ3v) is 5.16. The maximum Gasteiger partial charge on any atom is 0.435 e. The minimum absolute atomic E-state index is 0.0592. The van der Waals surface area contributed by atoms with Gasteiger partial charge in [0.15, 0.2) is 0 Å². The van der Waals surface area contributed by atoms with E-state index < -0.39 is 18.2 Å². The smallest absolute Gasteiger partial charge is 0.374 e. The second kappa shape index (κ2) is 8.32. The number of benzene rings is 2. The van der Waals surface area contributed by atoms with Crippen LogP contribution in [0.25, 0.3) is 0 Å². The summed E-state index contributed by atoms with van der Waals surface area (Å²) in [4.78, 5) is 17.1. The van der Waals surface area contributed by atoms with E-state index in [1.54, 1.807) is 19.1 Å². The fourth-order valence-electron chi connectivity index (χ4n) is 3.20. The first-order chi connectivity index (χ1) is 14.1. The average molecular weight is 457 g/mol. The zero-order chi connectivity index (χ0) is 22.1. The lowest BCUT2D eigenvalue weighted by molar-refractivity contribution is -0.275. The van der Waals surface area contributed by atoms with Crippen molar-refractivity contribution in [1.82, 2.24) is 5.32 Å². The second-order valence-corrected chi connectivity index (χ2v) is 7.69. The molecule has 2 aromatic carbocycles. The van der Waals surface area contributed by atoms with Gasteiger partial charge in [0.05, 0.1) is 5.71 Å². The molecule has 30 heavy (non-hydrogen) atoms. The van der Waals surface area contributed by atoms with Crippen LogP contribution < -0.4 is 5.32 Å². The highest BCUT2D eigenvalue weighted by Crippen LogP contribution is 2.49. The summed E-state index contributed by atoms with van der Waals surface area (Å²) in [6, 6.07) is 8.34. The molecule has 9 heteroatoms. The van der Waals surface area contributed by atoms with Crippen molar-refractivity contribution in [1.29, 1.82) is 0 Å². The van der Waals surface area contributed by atoms with Crippen molar-refractivity contribution in [2.24, 2.45) is 5.16 Å². The number of carbonyl (C=O) groups excluding carboxylic acids is 1. The first-order valence-electron chi connectivity index (χ1n) is 8.86. The molecule has 3 rings (SSSR count). The Kier molecular flexibility index (Phi) is 6.15. The molecule has 0 fully saturated rings. The standard InChI is InChI=1S/C21H17Cl2F3N2O2/c1-3-6-27-19(29)17-5-4-13(7-12(17)2)18-11-20(30-28-18,21(24,25)26)14-8-15(22)10-16(23)9-14/h3-5,7-10H,1,6,11H2,2H3,(H,27,29). The second-order valence-electron chi connectivity index (χ2n) is 6.82. The van der Waals surface area contributed by atoms with Crippen LogP contribution in [0, 0.1) is 6.92 Å². The summed E-state index contributed by atoms with van der Waals surface area (Å²) >= 11 is 11.8. The SMILES string of the molecule is C=CCNC(=O)c1ccc(C2=NOC(c3cc(Cl)cc(Cl)c3)(C(F)(F)F)C2)cc1C. The van der Waals surface area contributed by atoms with E-state index in [2.05, 4.69) is 17.1 Å². The minimum atomic E-state index is -4.77. The molecule has 2 aromatic rings. The highest BCUT2D eigenvalue weighted by Gasteiger charge is 2.62. The predicted molar refractivity (Wildman–Crippen MR) is 110 cm³/mol. The third kappa shape index (κ3) is 4.18. The van der Waals surface area contributed by atoms with Gasteiger partial charge in [0, 0.05) is 34.1 Å². The molecule has 4 nitrogen and oxygen atoms in total. The number of carbonyl (C=O) groups is 1. The molecule has 0 aromatic heterocycles. The number of aryl methyl sites for hydroxylation is 1. The van der Waals surface area contributed by atoms with Gasteiger partial charge in [0.25, 0.3) is 11.5 Å². The molecular weight excluding hydrogens is 440 g/mol. The van der Waals surface area contributed by atoms with Gasteiger partial charge in [-0.1, -0.05) is 40.5 Å². The Bertz CT molecular complexity index is 1020. The molecule has 0 bridgehead atoms. The number of alkyl halides is 3. The van der Waals surface area contributed by atoms with E-state index in [-0.39, 0.29) is 27.2 Å². The van der Waals surface area contributed by atoms with Crippen LogP contribution in [0.15, 0.2) is 54.2 Å². The highest BCUT2D eigenvalue weighted by atomic mass is 35.5. The van der Waals surface area contributed by atoms with Gasteiger partial charge in [-0.3, -0.25) is 4.79 Å². The number of oxime groups is 1. The Morgan fingerprint density at radius 2 is 1.93 bits per heavy atom. The fourth-order valence-corrected chi connectivity index (χ4v) is 3.73. The molecule has 0 spiro atoms. The van der Waals surface area contributed by atoms with Gasteiger partial charge >= 0.3 is 6.18 Å². The number of nitrogens with one attached hydrogen (secondary N) is 1. The van der Waals surface area contributed by atoms with Gasteiger partial charge in [-0.2, -0.15) is 13.2 Å². The molecule has 1 N–H and O–H groups in total. The molecule has 1 amide bonds. The van der Waals surface area contributed by atoms with Crippen LogP contribution in [0.3, 0.4) is 0 Å². The predicted octanol–water partition coefficient (Wildman–Crippen LogP) is 5.80. The van der Waals surface area contributed by atoms with Crippen LogP contribution >= 0.6 is 23.2 Å². The Morgan fingerprint density at radius 3 is 2.50 bits per heavy atom. The van der Waals surface area contributed by atoms with Gasteiger partial charge in [-0.25, -0.2) is 0 Å². The largest absolute Gasteiger partial charge is 0.435 e. The van der Waals surface area contributed by atoms with Gasteiger partial charge in [-0.05, 0) is 48.4 Å². The Labute approximate surface area is 181 Å². The van der Waals surface area contributed by atoms with E-state index in [1.165, 1.54) is 18.2 Å². The summed E-state index contributed by atoms with van der Waals surface area (Å²) < 4.78 is 42.2. The van der Waals surface area contributed by atoms with Crippen LogP contribution in [0.5, 0.6) is 0 Å². The molecule has 0 radical (unpaired) electrons. The maximum absolute atomic E-state index is 14.1. The first-order valence-corrected chi connectivity index (χ1v) is 9.61. The lowest BCUT2D eigenvalue weighted by Gasteiger charge is -2.29. The van der Waals surface area contributed by atoms with Crippen molar-refractivity contribution in [2.45, 2.75) is 25.1 Å². The normalized spacial score (nSPS) is 18.5. The quantitative estimate of drug-likeness (QED) is 0.577. The van der Waals surface area contributed by atoms with E-state index in [0.29, 0.717) is 23.2 Å². The molecule has 1 unspecified atom stereocenters. The number of hydrogen-bond donors (Lipinski definition) is 1. The minimum Gasteiger partial charge on any atom is -0.374 e. The Balaban J connectivity index is 1.94. The fraction of sp³-hybridized carbons (Fsp3) is 0.238. The summed E-state index contributed by atoms with van der Waals surface area (Å²) in [5, 5.41) is 6.50. The number of nitrogens with zero attached hydrogens (tertiary/aromatic N) is 1. The van der Waals surface area contributed by atoms with E-state index in [1.807, 2.05) is 0 Å². The zero-order valence-corrected chi connectivity index (χ0v) is 17.3. The van der Waals surface area contributed by atoms with Crippen molar-refractivity contribution in [3.05, 3.63) is 81.4 Å². The Hall–Kier alpha value is -2.51. The number of rotatable bonds is 5. The molecular formula is C21H17Cl2F3N2O2. The summed E-state index contributed by atoms with van der Waals surface area (Å²) in [6.07, 6.45) is -3.79. The molecule has 158 valence electrons. The molecule has 1 atom stereocenters. The molecule has 1 heterocycles. The lowest BCUT2D eigenvalue weighted by atomic mass is 9.86. The van der Waals surface area contributed by atoms with Gasteiger partial charge in [0.2, 0.25) is 0 Å². The van der Waals surface area contributed by atoms with Gasteiger partial charge < -0.3 is 10.2 Å². The number of hydrogen-bond acceptors (Lipinski definition) is 3. The van der Waals surface area contributed by atoms with Crippen LogP contribution in [0.2, 0.25) is 10.0 Å². The summed E-state index contributed by atoms with van der Waals surface area (Å²) in [5.41, 5.74) is -1.42. The summed E-state index contributed by atoms with van der Waals surface area (Å²) in [6.45, 7) is 5.52. The van der Waals surface area contributed by atoms with Crippen LogP contribution in [-0.4, -0.2) is 24.3 Å². The Morgan fingerprint density at radius 1 is 1.27 bits per heavy atom. The van der Waals surface area contributed by atoms with E-state index in [4.69, 9.17) is 28.0 Å². The van der Waals surface area contributed by atoms with Crippen molar-refractivity contribution >= 4 is 34.8 Å². The van der Waals surface area contributed by atoms with Crippen LogP contribution in [0.4, 0.5) is 13.2 Å². The number of amides is 1. The topological polar surface area (TPSA) is 50.7 Å². The summed E-state index contributed by atoms with van der Waals surface area (Å²) in [5.74, 6) is -0.304. The third-order valence-electron chi connectivity index (χ3n) is 4.73. The van der Waals surface area contributed by atoms with Crippen molar-refractivity contribution in [3.8, 4) is 0 Å². The molecule has 0 aliphatic carbocycles. The maximum atomic E-state index is 14.1. The first kappa shape index (κ1) is 22.2. The molecule has 1 aliphatic heterocycles. The molecule has 0 saturated carbocycles. The van der Waals surface area contributed by atoms with E-state index in [9.17, 15) is 18.0 Å². The summed E-state index contributed by atoms with van der Waals surface area (Å²) in [7, 11) is 0. The van der Waals surface area contributed by atoms with Gasteiger partial charge in [-0.15, -0.1) is 6.58 Å².